The monoisotopic (exact) mass is 270 g/mol. The van der Waals surface area contributed by atoms with Crippen LogP contribution in [-0.4, -0.2) is 42.8 Å². The first kappa shape index (κ1) is 16.3. The molecule has 1 fully saturated rings. The van der Waals surface area contributed by atoms with Crippen LogP contribution in [0, 0.1) is 11.8 Å². The van der Waals surface area contributed by atoms with Gasteiger partial charge >= 0.3 is 6.09 Å². The Bertz CT molecular complexity index is 305. The average molecular weight is 270 g/mol. The highest BCUT2D eigenvalue weighted by atomic mass is 16.5. The van der Waals surface area contributed by atoms with Crippen molar-refractivity contribution < 1.29 is 9.53 Å². The Hall–Kier alpha value is -0.770. The Labute approximate surface area is 117 Å². The number of hydrogen-bond acceptors (Lipinski definition) is 3. The molecule has 0 aromatic heterocycles. The van der Waals surface area contributed by atoms with Gasteiger partial charge in [0.25, 0.3) is 0 Å². The molecule has 1 heterocycles. The quantitative estimate of drug-likeness (QED) is 0.835. The van der Waals surface area contributed by atoms with E-state index in [9.17, 15) is 4.79 Å². The minimum Gasteiger partial charge on any atom is -0.453 e. The number of amides is 1. The molecule has 0 radical (unpaired) electrons. The van der Waals surface area contributed by atoms with Gasteiger partial charge in [0, 0.05) is 18.1 Å². The van der Waals surface area contributed by atoms with E-state index in [1.165, 1.54) is 20.0 Å². The molecule has 0 spiro atoms. The van der Waals surface area contributed by atoms with Gasteiger partial charge in [-0.15, -0.1) is 0 Å². The molecule has 1 N–H and O–H groups in total. The first-order valence-corrected chi connectivity index (χ1v) is 7.40. The van der Waals surface area contributed by atoms with Crippen LogP contribution < -0.4 is 5.32 Å². The van der Waals surface area contributed by atoms with Crippen LogP contribution in [0.25, 0.3) is 0 Å². The fourth-order valence-electron chi connectivity index (χ4n) is 2.87. The van der Waals surface area contributed by atoms with E-state index in [0.29, 0.717) is 11.8 Å². The Morgan fingerprint density at radius 3 is 2.47 bits per heavy atom. The Morgan fingerprint density at radius 1 is 1.37 bits per heavy atom. The number of carbonyl (C=O) groups excluding carboxylic acids is 1. The second-order valence-electron chi connectivity index (χ2n) is 6.55. The molecule has 112 valence electrons. The third-order valence-corrected chi connectivity index (χ3v) is 4.79. The Morgan fingerprint density at radius 2 is 2.00 bits per heavy atom. The maximum atomic E-state index is 11.4. The number of alkyl carbamates (subject to hydrolysis) is 1. The molecule has 0 bridgehead atoms. The van der Waals surface area contributed by atoms with Crippen molar-refractivity contribution in [2.45, 2.75) is 59.0 Å². The van der Waals surface area contributed by atoms with Crippen molar-refractivity contribution in [3.63, 3.8) is 0 Å². The maximum absolute atomic E-state index is 11.4. The fraction of sp³-hybridized carbons (Fsp3) is 0.933. The zero-order chi connectivity index (χ0) is 14.6. The van der Waals surface area contributed by atoms with E-state index in [-0.39, 0.29) is 17.7 Å². The molecule has 1 saturated heterocycles. The lowest BCUT2D eigenvalue weighted by molar-refractivity contribution is 0.0845. The first-order valence-electron chi connectivity index (χ1n) is 7.40. The predicted octanol–water partition coefficient (Wildman–Crippen LogP) is 2.88. The molecule has 0 saturated carbocycles. The van der Waals surface area contributed by atoms with E-state index in [4.69, 9.17) is 4.74 Å². The Balaban J connectivity index is 2.71. The zero-order valence-electron chi connectivity index (χ0n) is 13.3. The van der Waals surface area contributed by atoms with Gasteiger partial charge in [0.1, 0.15) is 0 Å². The lowest BCUT2D eigenvalue weighted by Crippen LogP contribution is -2.53. The molecule has 4 heteroatoms. The molecule has 2 atom stereocenters. The zero-order valence-corrected chi connectivity index (χ0v) is 13.3. The van der Waals surface area contributed by atoms with E-state index in [1.54, 1.807) is 0 Å². The number of ether oxygens (including phenoxy) is 1. The lowest BCUT2D eigenvalue weighted by Gasteiger charge is -2.41. The van der Waals surface area contributed by atoms with Gasteiger partial charge in [-0.1, -0.05) is 27.7 Å². The van der Waals surface area contributed by atoms with Crippen LogP contribution in [0.3, 0.4) is 0 Å². The molecule has 0 unspecified atom stereocenters. The average Bonchev–Trinajstić information content (AvgIpc) is 2.71. The summed E-state index contributed by atoms with van der Waals surface area (Å²) in [7, 11) is 1.42. The molecular formula is C15H30N2O2. The summed E-state index contributed by atoms with van der Waals surface area (Å²) in [5.74, 6) is 1.03. The van der Waals surface area contributed by atoms with Crippen molar-refractivity contribution in [1.29, 1.82) is 0 Å². The first-order chi connectivity index (χ1) is 8.81. The van der Waals surface area contributed by atoms with E-state index in [2.05, 4.69) is 44.8 Å². The molecule has 0 aromatic rings. The van der Waals surface area contributed by atoms with Gasteiger partial charge in [-0.25, -0.2) is 4.79 Å². The number of nitrogens with zero attached hydrogens (tertiary/aromatic N) is 1. The number of rotatable bonds is 5. The number of likely N-dealkylation sites (tertiary alicyclic amines) is 1. The van der Waals surface area contributed by atoms with Crippen molar-refractivity contribution in [3.8, 4) is 0 Å². The van der Waals surface area contributed by atoms with Crippen molar-refractivity contribution >= 4 is 6.09 Å². The molecule has 0 aliphatic carbocycles. The normalized spacial score (nSPS) is 25.9. The smallest absolute Gasteiger partial charge is 0.407 e. The van der Waals surface area contributed by atoms with Crippen molar-refractivity contribution in [2.24, 2.45) is 11.8 Å². The summed E-state index contributed by atoms with van der Waals surface area (Å²) in [5, 5.41) is 2.97. The highest BCUT2D eigenvalue weighted by Crippen LogP contribution is 2.35. The van der Waals surface area contributed by atoms with Crippen LogP contribution in [0.5, 0.6) is 0 Å². The van der Waals surface area contributed by atoms with Gasteiger partial charge in [0.05, 0.1) is 7.11 Å². The van der Waals surface area contributed by atoms with Gasteiger partial charge in [-0.3, -0.25) is 4.90 Å². The summed E-state index contributed by atoms with van der Waals surface area (Å²) in [6.07, 6.45) is 2.16. The third-order valence-electron chi connectivity index (χ3n) is 4.79. The summed E-state index contributed by atoms with van der Waals surface area (Å²) in [5.41, 5.74) is 0.255. The second-order valence-corrected chi connectivity index (χ2v) is 6.55. The SMILES string of the molecule is COC(=O)N[C@H](CN1CCC[C@@]1(C)C(C)C)C(C)C. The minimum absolute atomic E-state index is 0.142. The van der Waals surface area contributed by atoms with Crippen LogP contribution >= 0.6 is 0 Å². The van der Waals surface area contributed by atoms with E-state index in [1.807, 2.05) is 0 Å². The van der Waals surface area contributed by atoms with Crippen molar-refractivity contribution in [1.82, 2.24) is 10.2 Å². The van der Waals surface area contributed by atoms with E-state index in [0.717, 1.165) is 13.1 Å². The standard InChI is InChI=1S/C15H30N2O2/c1-11(2)13(16-14(18)19-6)10-17-9-7-8-15(17,5)12(3)4/h11-13H,7-10H2,1-6H3,(H,16,18)/t13-,15+/m1/s1. The lowest BCUT2D eigenvalue weighted by atomic mass is 9.85. The number of hydrogen-bond donors (Lipinski definition) is 1. The van der Waals surface area contributed by atoms with Crippen LogP contribution in [0.2, 0.25) is 0 Å². The number of nitrogens with one attached hydrogen (secondary N) is 1. The van der Waals surface area contributed by atoms with Crippen LogP contribution in [-0.2, 0) is 4.74 Å². The molecule has 1 aliphatic heterocycles. The van der Waals surface area contributed by atoms with Crippen molar-refractivity contribution in [3.05, 3.63) is 0 Å². The molecular weight excluding hydrogens is 240 g/mol. The fourth-order valence-corrected chi connectivity index (χ4v) is 2.87. The predicted molar refractivity (Wildman–Crippen MR) is 78.2 cm³/mol. The van der Waals surface area contributed by atoms with Crippen LogP contribution in [0.4, 0.5) is 4.79 Å². The van der Waals surface area contributed by atoms with E-state index >= 15 is 0 Å². The third kappa shape index (κ3) is 3.85. The van der Waals surface area contributed by atoms with Gasteiger partial charge in [-0.05, 0) is 38.1 Å². The van der Waals surface area contributed by atoms with Crippen LogP contribution in [0.1, 0.15) is 47.5 Å². The molecule has 4 nitrogen and oxygen atoms in total. The molecule has 1 aliphatic rings. The number of carbonyl (C=O) groups is 1. The highest BCUT2D eigenvalue weighted by Gasteiger charge is 2.40. The molecule has 19 heavy (non-hydrogen) atoms. The van der Waals surface area contributed by atoms with Gasteiger partial charge in [-0.2, -0.15) is 0 Å². The summed E-state index contributed by atoms with van der Waals surface area (Å²) >= 11 is 0. The summed E-state index contributed by atoms with van der Waals surface area (Å²) < 4.78 is 4.73. The maximum Gasteiger partial charge on any atom is 0.407 e. The summed E-state index contributed by atoms with van der Waals surface area (Å²) in [6.45, 7) is 13.2. The van der Waals surface area contributed by atoms with Gasteiger partial charge < -0.3 is 10.1 Å². The largest absolute Gasteiger partial charge is 0.453 e. The van der Waals surface area contributed by atoms with Crippen molar-refractivity contribution in [2.75, 3.05) is 20.2 Å². The highest BCUT2D eigenvalue weighted by molar-refractivity contribution is 5.67. The molecule has 1 amide bonds. The van der Waals surface area contributed by atoms with Crippen LogP contribution in [0.15, 0.2) is 0 Å². The topological polar surface area (TPSA) is 41.6 Å². The minimum atomic E-state index is -0.329. The van der Waals surface area contributed by atoms with Gasteiger partial charge in [0.15, 0.2) is 0 Å². The molecule has 1 rings (SSSR count). The number of methoxy groups -OCH3 is 1. The van der Waals surface area contributed by atoms with E-state index < -0.39 is 0 Å². The molecule has 0 aromatic carbocycles. The Kier molecular flexibility index (Phi) is 5.65. The summed E-state index contributed by atoms with van der Waals surface area (Å²) in [6, 6.07) is 0.142. The second kappa shape index (κ2) is 6.60. The summed E-state index contributed by atoms with van der Waals surface area (Å²) in [4.78, 5) is 14.0. The van der Waals surface area contributed by atoms with Gasteiger partial charge in [0.2, 0.25) is 0 Å².